The summed E-state index contributed by atoms with van der Waals surface area (Å²) >= 11 is 0. The normalized spacial score (nSPS) is 27.9. The Morgan fingerprint density at radius 3 is 2.29 bits per heavy atom. The molecule has 1 fully saturated rings. The van der Waals surface area contributed by atoms with Crippen LogP contribution in [0.2, 0.25) is 0 Å². The molecule has 0 aromatic carbocycles. The molecule has 0 spiro atoms. The minimum atomic E-state index is -3.10. The van der Waals surface area contributed by atoms with Crippen LogP contribution in [0.1, 0.15) is 27.2 Å². The molecule has 1 unspecified atom stereocenters. The second-order valence-electron chi connectivity index (χ2n) is 5.04. The second kappa shape index (κ2) is 3.35. The maximum atomic E-state index is 11.5. The van der Waals surface area contributed by atoms with Crippen LogP contribution < -0.4 is 0 Å². The standard InChI is InChI=1S/C10H19NO2S/c1-8(2)9-6-10(3,4)7-11(9)14(5,12)13/h9H,1,6-7H2,2-5H3. The molecule has 1 atom stereocenters. The molecule has 1 saturated heterocycles. The number of hydrogen-bond acceptors (Lipinski definition) is 2. The van der Waals surface area contributed by atoms with Crippen molar-refractivity contribution in [3.8, 4) is 0 Å². The average molecular weight is 217 g/mol. The molecule has 0 bridgehead atoms. The van der Waals surface area contributed by atoms with Crippen LogP contribution in [0.4, 0.5) is 0 Å². The molecule has 0 radical (unpaired) electrons. The van der Waals surface area contributed by atoms with E-state index in [9.17, 15) is 8.42 Å². The van der Waals surface area contributed by atoms with Gasteiger partial charge in [-0.3, -0.25) is 0 Å². The lowest BCUT2D eigenvalue weighted by atomic mass is 9.89. The maximum absolute atomic E-state index is 11.5. The van der Waals surface area contributed by atoms with Gasteiger partial charge in [0.05, 0.1) is 6.26 Å². The van der Waals surface area contributed by atoms with Gasteiger partial charge in [-0.15, -0.1) is 0 Å². The molecule has 3 nitrogen and oxygen atoms in total. The van der Waals surface area contributed by atoms with Gasteiger partial charge in [0.2, 0.25) is 10.0 Å². The van der Waals surface area contributed by atoms with Crippen molar-refractivity contribution in [2.75, 3.05) is 12.8 Å². The first-order chi connectivity index (χ1) is 6.13. The Bertz CT molecular complexity index is 343. The van der Waals surface area contributed by atoms with Crippen molar-refractivity contribution >= 4 is 10.0 Å². The lowest BCUT2D eigenvalue weighted by Crippen LogP contribution is -2.35. The van der Waals surface area contributed by atoms with Crippen LogP contribution >= 0.6 is 0 Å². The Morgan fingerprint density at radius 2 is 2.00 bits per heavy atom. The minimum Gasteiger partial charge on any atom is -0.212 e. The van der Waals surface area contributed by atoms with Crippen molar-refractivity contribution in [3.05, 3.63) is 12.2 Å². The Morgan fingerprint density at radius 1 is 1.50 bits per heavy atom. The van der Waals surface area contributed by atoms with E-state index in [0.29, 0.717) is 6.54 Å². The van der Waals surface area contributed by atoms with Crippen LogP contribution in [0.3, 0.4) is 0 Å². The van der Waals surface area contributed by atoms with E-state index in [1.54, 1.807) is 4.31 Å². The van der Waals surface area contributed by atoms with Crippen LogP contribution in [0.15, 0.2) is 12.2 Å². The largest absolute Gasteiger partial charge is 0.212 e. The summed E-state index contributed by atoms with van der Waals surface area (Å²) in [6.45, 7) is 10.5. The van der Waals surface area contributed by atoms with Gasteiger partial charge < -0.3 is 0 Å². The van der Waals surface area contributed by atoms with Crippen molar-refractivity contribution < 1.29 is 8.42 Å². The molecule has 1 heterocycles. The molecular weight excluding hydrogens is 198 g/mol. The molecule has 0 aromatic heterocycles. The molecule has 0 N–H and O–H groups in total. The van der Waals surface area contributed by atoms with E-state index in [1.807, 2.05) is 6.92 Å². The van der Waals surface area contributed by atoms with Gasteiger partial charge in [-0.05, 0) is 18.8 Å². The highest BCUT2D eigenvalue weighted by atomic mass is 32.2. The van der Waals surface area contributed by atoms with Gasteiger partial charge in [0.15, 0.2) is 0 Å². The van der Waals surface area contributed by atoms with Gasteiger partial charge in [0.25, 0.3) is 0 Å². The van der Waals surface area contributed by atoms with E-state index in [4.69, 9.17) is 0 Å². The lowest BCUT2D eigenvalue weighted by molar-refractivity contribution is 0.374. The molecule has 1 aliphatic rings. The highest BCUT2D eigenvalue weighted by Crippen LogP contribution is 2.37. The molecule has 14 heavy (non-hydrogen) atoms. The number of sulfonamides is 1. The highest BCUT2D eigenvalue weighted by molar-refractivity contribution is 7.88. The van der Waals surface area contributed by atoms with Gasteiger partial charge in [-0.25, -0.2) is 8.42 Å². The Hall–Kier alpha value is -0.350. The molecule has 1 rings (SSSR count). The molecule has 82 valence electrons. The zero-order chi connectivity index (χ0) is 11.1. The summed E-state index contributed by atoms with van der Waals surface area (Å²) in [5, 5.41) is 0. The van der Waals surface area contributed by atoms with Crippen molar-refractivity contribution in [2.45, 2.75) is 33.2 Å². The van der Waals surface area contributed by atoms with E-state index in [2.05, 4.69) is 20.4 Å². The maximum Gasteiger partial charge on any atom is 0.211 e. The SMILES string of the molecule is C=C(C)C1CC(C)(C)CN1S(C)(=O)=O. The van der Waals surface area contributed by atoms with Crippen LogP contribution in [-0.4, -0.2) is 31.6 Å². The van der Waals surface area contributed by atoms with E-state index < -0.39 is 10.0 Å². The summed E-state index contributed by atoms with van der Waals surface area (Å²) in [5.41, 5.74) is 0.994. The smallest absolute Gasteiger partial charge is 0.211 e. The monoisotopic (exact) mass is 217 g/mol. The predicted octanol–water partition coefficient (Wildman–Crippen LogP) is 1.62. The van der Waals surface area contributed by atoms with Gasteiger partial charge in [0.1, 0.15) is 0 Å². The summed E-state index contributed by atoms with van der Waals surface area (Å²) in [6.07, 6.45) is 2.14. The molecule has 0 aromatic rings. The summed E-state index contributed by atoms with van der Waals surface area (Å²) in [6, 6.07) is -0.0139. The predicted molar refractivity (Wildman–Crippen MR) is 58.5 cm³/mol. The fourth-order valence-corrected chi connectivity index (χ4v) is 3.29. The summed E-state index contributed by atoms with van der Waals surface area (Å²) in [7, 11) is -3.10. The Labute approximate surface area is 86.8 Å². The van der Waals surface area contributed by atoms with Gasteiger partial charge >= 0.3 is 0 Å². The molecular formula is C10H19NO2S. The van der Waals surface area contributed by atoms with Gasteiger partial charge in [-0.2, -0.15) is 4.31 Å². The van der Waals surface area contributed by atoms with Crippen molar-refractivity contribution in [2.24, 2.45) is 5.41 Å². The van der Waals surface area contributed by atoms with Crippen LogP contribution in [0, 0.1) is 5.41 Å². The van der Waals surface area contributed by atoms with E-state index in [1.165, 1.54) is 6.26 Å². The zero-order valence-corrected chi connectivity index (χ0v) is 10.2. The lowest BCUT2D eigenvalue weighted by Gasteiger charge is -2.21. The fourth-order valence-electron chi connectivity index (χ4n) is 1.99. The van der Waals surface area contributed by atoms with Crippen LogP contribution in [0.25, 0.3) is 0 Å². The molecule has 4 heteroatoms. The van der Waals surface area contributed by atoms with Crippen molar-refractivity contribution in [1.29, 1.82) is 0 Å². The minimum absolute atomic E-state index is 0.0139. The molecule has 0 saturated carbocycles. The fraction of sp³-hybridized carbons (Fsp3) is 0.800. The first-order valence-corrected chi connectivity index (χ1v) is 6.60. The third kappa shape index (κ3) is 2.36. The average Bonchev–Trinajstić information content (AvgIpc) is 2.24. The molecule has 0 amide bonds. The van der Waals surface area contributed by atoms with E-state index in [0.717, 1.165) is 12.0 Å². The summed E-state index contributed by atoms with van der Waals surface area (Å²) in [4.78, 5) is 0. The topological polar surface area (TPSA) is 37.4 Å². The zero-order valence-electron chi connectivity index (χ0n) is 9.37. The van der Waals surface area contributed by atoms with Crippen LogP contribution in [0.5, 0.6) is 0 Å². The third-order valence-electron chi connectivity index (χ3n) is 2.67. The summed E-state index contributed by atoms with van der Waals surface area (Å²) in [5.74, 6) is 0. The summed E-state index contributed by atoms with van der Waals surface area (Å²) < 4.78 is 24.6. The molecule has 0 aliphatic carbocycles. The molecule has 1 aliphatic heterocycles. The Balaban J connectivity index is 3.01. The third-order valence-corrected chi connectivity index (χ3v) is 3.91. The number of hydrogen-bond donors (Lipinski definition) is 0. The van der Waals surface area contributed by atoms with E-state index >= 15 is 0 Å². The van der Waals surface area contributed by atoms with Gasteiger partial charge in [0, 0.05) is 12.6 Å². The van der Waals surface area contributed by atoms with Gasteiger partial charge in [-0.1, -0.05) is 26.0 Å². The Kier molecular flexibility index (Phi) is 2.80. The first-order valence-electron chi connectivity index (χ1n) is 4.76. The number of rotatable bonds is 2. The van der Waals surface area contributed by atoms with E-state index in [-0.39, 0.29) is 11.5 Å². The van der Waals surface area contributed by atoms with Crippen LogP contribution in [-0.2, 0) is 10.0 Å². The first kappa shape index (κ1) is 11.7. The van der Waals surface area contributed by atoms with Crippen molar-refractivity contribution in [3.63, 3.8) is 0 Å². The second-order valence-corrected chi connectivity index (χ2v) is 6.97. The van der Waals surface area contributed by atoms with Crippen molar-refractivity contribution in [1.82, 2.24) is 4.31 Å². The quantitative estimate of drug-likeness (QED) is 0.659. The number of nitrogens with zero attached hydrogens (tertiary/aromatic N) is 1. The highest BCUT2D eigenvalue weighted by Gasteiger charge is 2.41.